The van der Waals surface area contributed by atoms with Crippen LogP contribution in [-0.4, -0.2) is 23.4 Å². The maximum Gasteiger partial charge on any atom is 0.387 e. The number of rotatable bonds is 7. The zero-order valence-electron chi connectivity index (χ0n) is 12.1. The maximum atomic E-state index is 12.3. The second kappa shape index (κ2) is 7.77. The third kappa shape index (κ3) is 4.56. The van der Waals surface area contributed by atoms with Gasteiger partial charge in [-0.15, -0.1) is 0 Å². The zero-order chi connectivity index (χ0) is 16.8. The van der Waals surface area contributed by atoms with Crippen molar-refractivity contribution in [1.82, 2.24) is 10.2 Å². The van der Waals surface area contributed by atoms with Gasteiger partial charge in [-0.2, -0.15) is 13.9 Å². The van der Waals surface area contributed by atoms with Gasteiger partial charge in [0, 0.05) is 6.54 Å². The van der Waals surface area contributed by atoms with E-state index in [2.05, 4.69) is 20.3 Å². The van der Waals surface area contributed by atoms with Crippen LogP contribution < -0.4 is 20.3 Å². The van der Waals surface area contributed by atoms with Crippen LogP contribution in [0.15, 0.2) is 29.2 Å². The molecule has 0 fully saturated rings. The van der Waals surface area contributed by atoms with E-state index in [1.807, 2.05) is 0 Å². The van der Waals surface area contributed by atoms with Crippen molar-refractivity contribution in [3.63, 3.8) is 0 Å². The van der Waals surface area contributed by atoms with Crippen LogP contribution in [0.4, 0.5) is 14.5 Å². The summed E-state index contributed by atoms with van der Waals surface area (Å²) in [6.45, 7) is -0.599. The Kier molecular flexibility index (Phi) is 5.75. The highest BCUT2D eigenvalue weighted by atomic mass is 35.5. The third-order valence-electron chi connectivity index (χ3n) is 2.80. The van der Waals surface area contributed by atoms with Crippen LogP contribution in [-0.2, 0) is 6.54 Å². The van der Waals surface area contributed by atoms with Crippen LogP contribution in [0, 0.1) is 0 Å². The summed E-state index contributed by atoms with van der Waals surface area (Å²) in [6.07, 6.45) is 1.38. The predicted molar refractivity (Wildman–Crippen MR) is 81.4 cm³/mol. The topological polar surface area (TPSA) is 76.2 Å². The fourth-order valence-corrected chi connectivity index (χ4v) is 1.99. The summed E-state index contributed by atoms with van der Waals surface area (Å²) in [5.41, 5.74) is 0.583. The number of hydrogen-bond donors (Lipinski definition) is 2. The number of hydrogen-bond acceptors (Lipinski definition) is 5. The van der Waals surface area contributed by atoms with E-state index in [9.17, 15) is 13.6 Å². The van der Waals surface area contributed by atoms with E-state index in [1.54, 1.807) is 19.1 Å². The molecule has 0 unspecified atom stereocenters. The lowest BCUT2D eigenvalue weighted by molar-refractivity contribution is -0.0514. The Morgan fingerprint density at radius 2 is 2.17 bits per heavy atom. The van der Waals surface area contributed by atoms with E-state index in [0.717, 1.165) is 5.56 Å². The summed E-state index contributed by atoms with van der Waals surface area (Å²) in [5, 5.41) is 8.77. The number of ether oxygens (including phenoxy) is 2. The molecule has 2 aromatic rings. The van der Waals surface area contributed by atoms with E-state index in [0.29, 0.717) is 18.8 Å². The number of nitrogens with zero attached hydrogens (tertiary/aromatic N) is 1. The molecule has 0 saturated heterocycles. The van der Waals surface area contributed by atoms with Gasteiger partial charge in [0.2, 0.25) is 0 Å². The fourth-order valence-electron chi connectivity index (χ4n) is 1.83. The van der Waals surface area contributed by atoms with Crippen molar-refractivity contribution in [2.24, 2.45) is 0 Å². The molecule has 0 atom stereocenters. The first-order valence-corrected chi connectivity index (χ1v) is 7.06. The molecule has 0 bridgehead atoms. The van der Waals surface area contributed by atoms with E-state index in [-0.39, 0.29) is 16.5 Å². The molecule has 2 N–H and O–H groups in total. The minimum Gasteiger partial charge on any atom is -0.490 e. The first-order chi connectivity index (χ1) is 11.0. The Hall–Kier alpha value is -2.35. The Labute approximate surface area is 135 Å². The SMILES string of the molecule is CCOc1cc(CNc2cn[nH]c(=O)c2Cl)ccc1OC(F)F. The van der Waals surface area contributed by atoms with E-state index < -0.39 is 12.2 Å². The first-order valence-electron chi connectivity index (χ1n) is 6.68. The summed E-state index contributed by atoms with van der Waals surface area (Å²) < 4.78 is 34.4. The van der Waals surface area contributed by atoms with Gasteiger partial charge in [0.05, 0.1) is 18.5 Å². The van der Waals surface area contributed by atoms with Crippen molar-refractivity contribution >= 4 is 17.3 Å². The highest BCUT2D eigenvalue weighted by molar-refractivity contribution is 6.32. The Morgan fingerprint density at radius 1 is 1.39 bits per heavy atom. The summed E-state index contributed by atoms with van der Waals surface area (Å²) in [6, 6.07) is 4.57. The highest BCUT2D eigenvalue weighted by Gasteiger charge is 2.12. The molecule has 124 valence electrons. The minimum absolute atomic E-state index is 0.0114. The molecule has 9 heteroatoms. The van der Waals surface area contributed by atoms with Gasteiger partial charge in [-0.05, 0) is 24.6 Å². The molecule has 0 radical (unpaired) electrons. The number of halogens is 3. The van der Waals surface area contributed by atoms with Gasteiger partial charge in [0.1, 0.15) is 5.02 Å². The van der Waals surface area contributed by atoms with Gasteiger partial charge in [-0.1, -0.05) is 17.7 Å². The number of aromatic nitrogens is 2. The van der Waals surface area contributed by atoms with Crippen molar-refractivity contribution < 1.29 is 18.3 Å². The average molecular weight is 346 g/mol. The van der Waals surface area contributed by atoms with Gasteiger partial charge in [0.15, 0.2) is 11.5 Å². The molecular formula is C14H14ClF2N3O3. The molecule has 0 spiro atoms. The molecule has 0 aliphatic carbocycles. The van der Waals surface area contributed by atoms with Crippen molar-refractivity contribution in [1.29, 1.82) is 0 Å². The van der Waals surface area contributed by atoms with Crippen molar-refractivity contribution in [3.05, 3.63) is 45.3 Å². The number of nitrogens with one attached hydrogen (secondary N) is 2. The molecule has 1 aromatic carbocycles. The van der Waals surface area contributed by atoms with Gasteiger partial charge >= 0.3 is 6.61 Å². The fraction of sp³-hybridized carbons (Fsp3) is 0.286. The summed E-state index contributed by atoms with van der Waals surface area (Å²) in [5.74, 6) is 0.170. The van der Waals surface area contributed by atoms with Crippen LogP contribution >= 0.6 is 11.6 Å². The van der Waals surface area contributed by atoms with Gasteiger partial charge in [-0.3, -0.25) is 4.79 Å². The molecule has 23 heavy (non-hydrogen) atoms. The number of aromatic amines is 1. The van der Waals surface area contributed by atoms with Crippen molar-refractivity contribution in [2.75, 3.05) is 11.9 Å². The van der Waals surface area contributed by atoms with Crippen LogP contribution in [0.2, 0.25) is 5.02 Å². The Balaban J connectivity index is 2.15. The second-order valence-corrected chi connectivity index (χ2v) is 4.75. The predicted octanol–water partition coefficient (Wildman–Crippen LogP) is 3.04. The molecule has 0 amide bonds. The molecule has 1 heterocycles. The lowest BCUT2D eigenvalue weighted by Crippen LogP contribution is -2.12. The lowest BCUT2D eigenvalue weighted by atomic mass is 10.2. The number of H-pyrrole nitrogens is 1. The molecular weight excluding hydrogens is 332 g/mol. The number of anilines is 1. The molecule has 2 rings (SSSR count). The average Bonchev–Trinajstić information content (AvgIpc) is 2.51. The largest absolute Gasteiger partial charge is 0.490 e. The molecule has 0 aliphatic rings. The first kappa shape index (κ1) is 17.0. The summed E-state index contributed by atoms with van der Waals surface area (Å²) in [7, 11) is 0. The molecule has 0 saturated carbocycles. The smallest absolute Gasteiger partial charge is 0.387 e. The van der Waals surface area contributed by atoms with Gasteiger partial charge in [0.25, 0.3) is 5.56 Å². The van der Waals surface area contributed by atoms with E-state index in [1.165, 1.54) is 12.3 Å². The second-order valence-electron chi connectivity index (χ2n) is 4.37. The highest BCUT2D eigenvalue weighted by Crippen LogP contribution is 2.30. The zero-order valence-corrected chi connectivity index (χ0v) is 12.9. The maximum absolute atomic E-state index is 12.3. The monoisotopic (exact) mass is 345 g/mol. The van der Waals surface area contributed by atoms with Gasteiger partial charge in [-0.25, -0.2) is 5.10 Å². The molecule has 6 nitrogen and oxygen atoms in total. The Bertz CT molecular complexity index is 725. The normalized spacial score (nSPS) is 10.7. The standard InChI is InChI=1S/C14H14ClF2N3O3/c1-2-22-11-5-8(3-4-10(11)23-14(16)17)6-18-9-7-19-20-13(21)12(9)15/h3-5,7,14H,2,6H2,1H3,(H2,18,20,21). The Morgan fingerprint density at radius 3 is 2.87 bits per heavy atom. The van der Waals surface area contributed by atoms with Crippen molar-refractivity contribution in [3.8, 4) is 11.5 Å². The third-order valence-corrected chi connectivity index (χ3v) is 3.18. The minimum atomic E-state index is -2.93. The van der Waals surface area contributed by atoms with Crippen LogP contribution in [0.5, 0.6) is 11.5 Å². The quantitative estimate of drug-likeness (QED) is 0.806. The summed E-state index contributed by atoms with van der Waals surface area (Å²) >= 11 is 5.85. The van der Waals surface area contributed by atoms with Crippen LogP contribution in [0.25, 0.3) is 0 Å². The number of benzene rings is 1. The van der Waals surface area contributed by atoms with E-state index >= 15 is 0 Å². The van der Waals surface area contributed by atoms with Crippen molar-refractivity contribution in [2.45, 2.75) is 20.1 Å². The van der Waals surface area contributed by atoms with Crippen LogP contribution in [0.3, 0.4) is 0 Å². The van der Waals surface area contributed by atoms with Crippen LogP contribution in [0.1, 0.15) is 12.5 Å². The number of alkyl halides is 2. The molecule has 1 aromatic heterocycles. The summed E-state index contributed by atoms with van der Waals surface area (Å²) in [4.78, 5) is 11.3. The van der Waals surface area contributed by atoms with E-state index in [4.69, 9.17) is 16.3 Å². The lowest BCUT2D eigenvalue weighted by Gasteiger charge is -2.13. The molecule has 0 aliphatic heterocycles. The van der Waals surface area contributed by atoms with Gasteiger partial charge < -0.3 is 14.8 Å².